The van der Waals surface area contributed by atoms with E-state index in [1.807, 2.05) is 42.6 Å². The minimum absolute atomic E-state index is 0.0698. The summed E-state index contributed by atoms with van der Waals surface area (Å²) in [5.74, 6) is -0.0698. The molecule has 0 saturated heterocycles. The van der Waals surface area contributed by atoms with Crippen molar-refractivity contribution < 1.29 is 4.79 Å². The number of carbonyl (C=O) groups excluding carboxylic acids is 1. The predicted molar refractivity (Wildman–Crippen MR) is 103 cm³/mol. The van der Waals surface area contributed by atoms with Gasteiger partial charge in [0.05, 0.1) is 11.9 Å². The molecule has 4 heteroatoms. The number of rotatable bonds is 6. The lowest BCUT2D eigenvalue weighted by Gasteiger charge is -2.15. The normalized spacial score (nSPS) is 15.1. The van der Waals surface area contributed by atoms with Gasteiger partial charge in [0.15, 0.2) is 0 Å². The van der Waals surface area contributed by atoms with Gasteiger partial charge in [0, 0.05) is 29.8 Å². The quantitative estimate of drug-likeness (QED) is 0.693. The van der Waals surface area contributed by atoms with Gasteiger partial charge in [-0.2, -0.15) is 5.10 Å². The molecule has 1 amide bonds. The fourth-order valence-electron chi connectivity index (χ4n) is 3.14. The fourth-order valence-corrected chi connectivity index (χ4v) is 3.14. The largest absolute Gasteiger partial charge is 0.352 e. The molecule has 0 spiro atoms. The van der Waals surface area contributed by atoms with Crippen LogP contribution in [0.4, 0.5) is 0 Å². The van der Waals surface area contributed by atoms with Crippen LogP contribution in [-0.4, -0.2) is 22.2 Å². The van der Waals surface area contributed by atoms with Gasteiger partial charge in [-0.25, -0.2) is 4.68 Å². The standard InChI is InChI=1S/C22H21N3O/c26-21(23-17-22(13-14-22)19-7-3-1-4-8-19)12-11-18-15-24-25(16-18)20-9-5-2-6-10-20/h1-12,15-16H,13-14,17H2,(H,23,26). The number of benzene rings is 2. The Bertz CT molecular complexity index is 909. The van der Waals surface area contributed by atoms with Crippen LogP contribution in [0.2, 0.25) is 0 Å². The lowest BCUT2D eigenvalue weighted by atomic mass is 9.96. The Morgan fingerprint density at radius 1 is 1.08 bits per heavy atom. The number of aromatic nitrogens is 2. The number of hydrogen-bond donors (Lipinski definition) is 1. The summed E-state index contributed by atoms with van der Waals surface area (Å²) < 4.78 is 1.80. The van der Waals surface area contributed by atoms with E-state index in [4.69, 9.17) is 0 Å². The van der Waals surface area contributed by atoms with E-state index in [0.29, 0.717) is 6.54 Å². The Kier molecular flexibility index (Phi) is 4.40. The van der Waals surface area contributed by atoms with Gasteiger partial charge in [-0.05, 0) is 36.6 Å². The Balaban J connectivity index is 1.35. The zero-order valence-electron chi connectivity index (χ0n) is 14.5. The molecule has 0 unspecified atom stereocenters. The molecule has 0 radical (unpaired) electrons. The summed E-state index contributed by atoms with van der Waals surface area (Å²) in [6, 6.07) is 20.3. The molecular formula is C22H21N3O. The minimum Gasteiger partial charge on any atom is -0.352 e. The van der Waals surface area contributed by atoms with Gasteiger partial charge in [0.2, 0.25) is 5.91 Å². The lowest BCUT2D eigenvalue weighted by Crippen LogP contribution is -2.30. The number of hydrogen-bond acceptors (Lipinski definition) is 2. The van der Waals surface area contributed by atoms with Gasteiger partial charge in [-0.1, -0.05) is 48.5 Å². The molecule has 1 aliphatic rings. The first-order chi connectivity index (χ1) is 12.8. The molecule has 4 nitrogen and oxygen atoms in total. The predicted octanol–water partition coefficient (Wildman–Crippen LogP) is 3.73. The Labute approximate surface area is 153 Å². The molecule has 1 aromatic heterocycles. The third kappa shape index (κ3) is 3.59. The summed E-state index contributed by atoms with van der Waals surface area (Å²) >= 11 is 0. The van der Waals surface area contributed by atoms with Crippen LogP contribution in [-0.2, 0) is 10.2 Å². The SMILES string of the molecule is O=C(C=Cc1cnn(-c2ccccc2)c1)NCC1(c2ccccc2)CC1. The number of carbonyl (C=O) groups is 1. The van der Waals surface area contributed by atoms with E-state index < -0.39 is 0 Å². The van der Waals surface area contributed by atoms with Gasteiger partial charge >= 0.3 is 0 Å². The fraction of sp³-hybridized carbons (Fsp3) is 0.182. The topological polar surface area (TPSA) is 46.9 Å². The van der Waals surface area contributed by atoms with Crippen LogP contribution in [0, 0.1) is 0 Å². The van der Waals surface area contributed by atoms with E-state index in [-0.39, 0.29) is 11.3 Å². The highest BCUT2D eigenvalue weighted by Crippen LogP contribution is 2.47. The van der Waals surface area contributed by atoms with Gasteiger partial charge in [-0.3, -0.25) is 4.79 Å². The highest BCUT2D eigenvalue weighted by Gasteiger charge is 2.43. The van der Waals surface area contributed by atoms with E-state index in [0.717, 1.165) is 24.1 Å². The number of nitrogens with zero attached hydrogens (tertiary/aromatic N) is 2. The third-order valence-corrected chi connectivity index (χ3v) is 4.89. The summed E-state index contributed by atoms with van der Waals surface area (Å²) in [5, 5.41) is 7.37. The van der Waals surface area contributed by atoms with Gasteiger partial charge in [-0.15, -0.1) is 0 Å². The smallest absolute Gasteiger partial charge is 0.244 e. The zero-order valence-corrected chi connectivity index (χ0v) is 14.5. The molecular weight excluding hydrogens is 322 g/mol. The van der Waals surface area contributed by atoms with Crippen LogP contribution in [0.1, 0.15) is 24.0 Å². The van der Waals surface area contributed by atoms with Crippen molar-refractivity contribution in [3.8, 4) is 5.69 Å². The molecule has 1 aliphatic carbocycles. The average molecular weight is 343 g/mol. The van der Waals surface area contributed by atoms with E-state index in [1.165, 1.54) is 5.56 Å². The maximum absolute atomic E-state index is 12.2. The van der Waals surface area contributed by atoms with E-state index in [1.54, 1.807) is 23.0 Å². The van der Waals surface area contributed by atoms with Crippen molar-refractivity contribution >= 4 is 12.0 Å². The molecule has 1 fully saturated rings. The molecule has 1 heterocycles. The summed E-state index contributed by atoms with van der Waals surface area (Å²) in [6.07, 6.45) is 9.29. The van der Waals surface area contributed by atoms with Crippen molar-refractivity contribution in [1.29, 1.82) is 0 Å². The monoisotopic (exact) mass is 343 g/mol. The summed E-state index contributed by atoms with van der Waals surface area (Å²) in [4.78, 5) is 12.2. The molecule has 0 bridgehead atoms. The molecule has 26 heavy (non-hydrogen) atoms. The van der Waals surface area contributed by atoms with Gasteiger partial charge in [0.1, 0.15) is 0 Å². The average Bonchev–Trinajstić information content (AvgIpc) is 3.35. The van der Waals surface area contributed by atoms with Crippen molar-refractivity contribution in [3.63, 3.8) is 0 Å². The molecule has 0 aliphatic heterocycles. The van der Waals surface area contributed by atoms with Crippen molar-refractivity contribution in [1.82, 2.24) is 15.1 Å². The second-order valence-corrected chi connectivity index (χ2v) is 6.75. The Morgan fingerprint density at radius 3 is 2.46 bits per heavy atom. The Morgan fingerprint density at radius 2 is 1.77 bits per heavy atom. The highest BCUT2D eigenvalue weighted by atomic mass is 16.1. The second kappa shape index (κ2) is 7.00. The first-order valence-electron chi connectivity index (χ1n) is 8.87. The maximum atomic E-state index is 12.2. The van der Waals surface area contributed by atoms with Crippen LogP contribution >= 0.6 is 0 Å². The molecule has 1 saturated carbocycles. The van der Waals surface area contributed by atoms with Crippen LogP contribution < -0.4 is 5.32 Å². The molecule has 4 rings (SSSR count). The third-order valence-electron chi connectivity index (χ3n) is 4.89. The van der Waals surface area contributed by atoms with Crippen LogP contribution in [0.15, 0.2) is 79.1 Å². The molecule has 0 atom stereocenters. The van der Waals surface area contributed by atoms with Crippen molar-refractivity contribution in [2.24, 2.45) is 0 Å². The number of para-hydroxylation sites is 1. The number of nitrogens with one attached hydrogen (secondary N) is 1. The summed E-state index contributed by atoms with van der Waals surface area (Å²) in [7, 11) is 0. The van der Waals surface area contributed by atoms with Crippen LogP contribution in [0.3, 0.4) is 0 Å². The summed E-state index contributed by atoms with van der Waals surface area (Å²) in [5.41, 5.74) is 3.33. The van der Waals surface area contributed by atoms with Gasteiger partial charge in [0.25, 0.3) is 0 Å². The Hall–Kier alpha value is -3.14. The molecule has 3 aromatic rings. The van der Waals surface area contributed by atoms with Gasteiger partial charge < -0.3 is 5.32 Å². The second-order valence-electron chi connectivity index (χ2n) is 6.75. The van der Waals surface area contributed by atoms with E-state index >= 15 is 0 Å². The van der Waals surface area contributed by atoms with E-state index in [9.17, 15) is 4.79 Å². The minimum atomic E-state index is -0.0698. The maximum Gasteiger partial charge on any atom is 0.244 e. The molecule has 130 valence electrons. The van der Waals surface area contributed by atoms with Crippen LogP contribution in [0.25, 0.3) is 11.8 Å². The molecule has 1 N–H and O–H groups in total. The van der Waals surface area contributed by atoms with E-state index in [2.05, 4.69) is 34.7 Å². The first kappa shape index (κ1) is 16.3. The number of amides is 1. The summed E-state index contributed by atoms with van der Waals surface area (Å²) in [6.45, 7) is 0.684. The lowest BCUT2D eigenvalue weighted by molar-refractivity contribution is -0.116. The highest BCUT2D eigenvalue weighted by molar-refractivity contribution is 5.91. The first-order valence-corrected chi connectivity index (χ1v) is 8.87. The van der Waals surface area contributed by atoms with Crippen molar-refractivity contribution in [3.05, 3.63) is 90.3 Å². The van der Waals surface area contributed by atoms with Crippen molar-refractivity contribution in [2.75, 3.05) is 6.54 Å². The van der Waals surface area contributed by atoms with Crippen LogP contribution in [0.5, 0.6) is 0 Å². The van der Waals surface area contributed by atoms with Crippen molar-refractivity contribution in [2.45, 2.75) is 18.3 Å². The zero-order chi connectivity index (χ0) is 17.8. The molecule has 2 aromatic carbocycles.